The first kappa shape index (κ1) is 12.8. The Balaban J connectivity index is 2.40. The number of aryl methyl sites for hydroxylation is 1. The second-order valence-electron chi connectivity index (χ2n) is 4.85. The van der Waals surface area contributed by atoms with Crippen molar-refractivity contribution in [3.63, 3.8) is 0 Å². The molecule has 0 amide bonds. The lowest BCUT2D eigenvalue weighted by Crippen LogP contribution is -2.27. The summed E-state index contributed by atoms with van der Waals surface area (Å²) in [5, 5.41) is 0. The first-order valence-electron chi connectivity index (χ1n) is 5.53. The van der Waals surface area contributed by atoms with E-state index in [0.717, 1.165) is 4.47 Å². The molecule has 0 spiro atoms. The van der Waals surface area contributed by atoms with Crippen LogP contribution in [0.25, 0.3) is 10.4 Å². The summed E-state index contributed by atoms with van der Waals surface area (Å²) in [5.74, 6) is 0. The monoisotopic (exact) mass is 309 g/mol. The molecule has 1 aromatic heterocycles. The van der Waals surface area contributed by atoms with E-state index < -0.39 is 0 Å². The van der Waals surface area contributed by atoms with Gasteiger partial charge >= 0.3 is 0 Å². The summed E-state index contributed by atoms with van der Waals surface area (Å²) in [6.07, 6.45) is 0. The van der Waals surface area contributed by atoms with Gasteiger partial charge in [0.2, 0.25) is 0 Å². The fraction of sp³-hybridized carbons (Fsp3) is 0.286. The molecule has 3 heteroatoms. The zero-order valence-corrected chi connectivity index (χ0v) is 12.7. The zero-order valence-electron chi connectivity index (χ0n) is 10.3. The molecule has 0 bridgehead atoms. The number of rotatable bonds is 2. The largest absolute Gasteiger partial charge is 0.321 e. The molecule has 0 fully saturated rings. The van der Waals surface area contributed by atoms with E-state index in [1.165, 1.54) is 20.9 Å². The van der Waals surface area contributed by atoms with Crippen LogP contribution in [0.1, 0.15) is 24.3 Å². The highest BCUT2D eigenvalue weighted by molar-refractivity contribution is 9.10. The van der Waals surface area contributed by atoms with Gasteiger partial charge < -0.3 is 5.73 Å². The van der Waals surface area contributed by atoms with Gasteiger partial charge in [-0.15, -0.1) is 11.3 Å². The summed E-state index contributed by atoms with van der Waals surface area (Å²) in [6, 6.07) is 10.7. The maximum Gasteiger partial charge on any atom is 0.0446 e. The van der Waals surface area contributed by atoms with Gasteiger partial charge in [0, 0.05) is 19.8 Å². The third kappa shape index (κ3) is 2.79. The Bertz CT molecular complexity index is 537. The molecule has 0 radical (unpaired) electrons. The average Bonchev–Trinajstić information content (AvgIpc) is 2.70. The van der Waals surface area contributed by atoms with Crippen molar-refractivity contribution in [3.8, 4) is 10.4 Å². The average molecular weight is 310 g/mol. The van der Waals surface area contributed by atoms with E-state index in [2.05, 4.69) is 53.2 Å². The van der Waals surface area contributed by atoms with Crippen molar-refractivity contribution in [1.82, 2.24) is 0 Å². The van der Waals surface area contributed by atoms with Crippen molar-refractivity contribution >= 4 is 27.3 Å². The van der Waals surface area contributed by atoms with Crippen LogP contribution in [0, 0.1) is 6.92 Å². The molecule has 0 aliphatic heterocycles. The Kier molecular flexibility index (Phi) is 3.43. The Hall–Kier alpha value is -0.640. The molecule has 0 saturated carbocycles. The minimum atomic E-state index is -0.259. The molecule has 17 heavy (non-hydrogen) atoms. The van der Waals surface area contributed by atoms with E-state index in [1.54, 1.807) is 11.3 Å². The maximum atomic E-state index is 6.10. The van der Waals surface area contributed by atoms with Crippen LogP contribution in [0.15, 0.2) is 34.8 Å². The normalized spacial score (nSPS) is 11.8. The SMILES string of the molecule is Cc1ccc(-c2ccc(C(C)(C)N)s2)cc1Br. The molecule has 0 atom stereocenters. The molecule has 2 aromatic rings. The van der Waals surface area contributed by atoms with Crippen molar-refractivity contribution in [2.75, 3.05) is 0 Å². The maximum absolute atomic E-state index is 6.10. The van der Waals surface area contributed by atoms with E-state index in [4.69, 9.17) is 5.73 Å². The lowest BCUT2D eigenvalue weighted by molar-refractivity contribution is 0.567. The molecule has 2 rings (SSSR count). The molecule has 1 nitrogen and oxygen atoms in total. The van der Waals surface area contributed by atoms with E-state index in [1.807, 2.05) is 13.8 Å². The summed E-state index contributed by atoms with van der Waals surface area (Å²) in [4.78, 5) is 2.48. The lowest BCUT2D eigenvalue weighted by Gasteiger charge is -2.15. The first-order valence-corrected chi connectivity index (χ1v) is 7.14. The topological polar surface area (TPSA) is 26.0 Å². The molecular formula is C14H16BrNS. The van der Waals surface area contributed by atoms with E-state index in [0.29, 0.717) is 0 Å². The van der Waals surface area contributed by atoms with Crippen molar-refractivity contribution in [3.05, 3.63) is 45.2 Å². The summed E-state index contributed by atoms with van der Waals surface area (Å²) >= 11 is 5.33. The number of nitrogens with two attached hydrogens (primary N) is 1. The van der Waals surface area contributed by atoms with Gasteiger partial charge in [0.05, 0.1) is 0 Å². The zero-order chi connectivity index (χ0) is 12.6. The second kappa shape index (κ2) is 4.56. The Labute approximate surface area is 115 Å². The number of hydrogen-bond acceptors (Lipinski definition) is 2. The Morgan fingerprint density at radius 3 is 2.41 bits per heavy atom. The highest BCUT2D eigenvalue weighted by atomic mass is 79.9. The molecule has 1 aromatic carbocycles. The van der Waals surface area contributed by atoms with Gasteiger partial charge in [-0.05, 0) is 50.1 Å². The summed E-state index contributed by atoms with van der Waals surface area (Å²) in [5.41, 5.74) is 8.34. The highest BCUT2D eigenvalue weighted by Gasteiger charge is 2.17. The Morgan fingerprint density at radius 1 is 1.18 bits per heavy atom. The Morgan fingerprint density at radius 2 is 1.88 bits per heavy atom. The summed E-state index contributed by atoms with van der Waals surface area (Å²) in [7, 11) is 0. The van der Waals surface area contributed by atoms with Crippen molar-refractivity contribution < 1.29 is 0 Å². The standard InChI is InChI=1S/C14H16BrNS/c1-9-4-5-10(8-11(9)15)12-6-7-13(17-12)14(2,3)16/h4-8H,16H2,1-3H3. The third-order valence-electron chi connectivity index (χ3n) is 2.70. The van der Waals surface area contributed by atoms with Crippen LogP contribution < -0.4 is 5.73 Å². The molecule has 0 aliphatic carbocycles. The molecule has 90 valence electrons. The molecule has 2 N–H and O–H groups in total. The van der Waals surface area contributed by atoms with Gasteiger partial charge in [-0.3, -0.25) is 0 Å². The number of halogens is 1. The van der Waals surface area contributed by atoms with Crippen LogP contribution in [0.5, 0.6) is 0 Å². The van der Waals surface area contributed by atoms with Gasteiger partial charge in [-0.1, -0.05) is 28.1 Å². The minimum Gasteiger partial charge on any atom is -0.321 e. The van der Waals surface area contributed by atoms with E-state index in [-0.39, 0.29) is 5.54 Å². The fourth-order valence-corrected chi connectivity index (χ4v) is 2.98. The lowest BCUT2D eigenvalue weighted by atomic mass is 10.1. The predicted octanol–water partition coefficient (Wildman–Crippen LogP) is 4.68. The van der Waals surface area contributed by atoms with Crippen molar-refractivity contribution in [2.45, 2.75) is 26.3 Å². The van der Waals surface area contributed by atoms with Gasteiger partial charge in [0.25, 0.3) is 0 Å². The summed E-state index contributed by atoms with van der Waals surface area (Å²) < 4.78 is 1.15. The second-order valence-corrected chi connectivity index (χ2v) is 6.79. The number of thiophene rings is 1. The van der Waals surface area contributed by atoms with Gasteiger partial charge in [-0.25, -0.2) is 0 Å². The molecular weight excluding hydrogens is 294 g/mol. The summed E-state index contributed by atoms with van der Waals surface area (Å²) in [6.45, 7) is 6.16. The minimum absolute atomic E-state index is 0.259. The first-order chi connectivity index (χ1) is 7.88. The molecule has 0 aliphatic rings. The van der Waals surface area contributed by atoms with Crippen LogP contribution in [0.2, 0.25) is 0 Å². The fourth-order valence-electron chi connectivity index (χ4n) is 1.59. The van der Waals surface area contributed by atoms with Crippen LogP contribution in [0.4, 0.5) is 0 Å². The van der Waals surface area contributed by atoms with E-state index in [9.17, 15) is 0 Å². The van der Waals surface area contributed by atoms with Crippen LogP contribution in [0.3, 0.4) is 0 Å². The number of hydrogen-bond donors (Lipinski definition) is 1. The molecule has 0 saturated heterocycles. The third-order valence-corrected chi connectivity index (χ3v) is 5.03. The molecule has 0 unspecified atom stereocenters. The van der Waals surface area contributed by atoms with Gasteiger partial charge in [0.1, 0.15) is 0 Å². The van der Waals surface area contributed by atoms with E-state index >= 15 is 0 Å². The highest BCUT2D eigenvalue weighted by Crippen LogP contribution is 2.34. The van der Waals surface area contributed by atoms with Crippen LogP contribution >= 0.6 is 27.3 Å². The van der Waals surface area contributed by atoms with Gasteiger partial charge in [-0.2, -0.15) is 0 Å². The van der Waals surface area contributed by atoms with Crippen LogP contribution in [-0.2, 0) is 5.54 Å². The van der Waals surface area contributed by atoms with Crippen LogP contribution in [-0.4, -0.2) is 0 Å². The van der Waals surface area contributed by atoms with Crippen molar-refractivity contribution in [1.29, 1.82) is 0 Å². The predicted molar refractivity (Wildman–Crippen MR) is 79.4 cm³/mol. The smallest absolute Gasteiger partial charge is 0.0446 e. The quantitative estimate of drug-likeness (QED) is 0.856. The van der Waals surface area contributed by atoms with Crippen molar-refractivity contribution in [2.24, 2.45) is 5.73 Å². The molecule has 1 heterocycles. The number of benzene rings is 1. The van der Waals surface area contributed by atoms with Gasteiger partial charge in [0.15, 0.2) is 0 Å².